The van der Waals surface area contributed by atoms with Crippen LogP contribution in [0.15, 0.2) is 16.3 Å². The summed E-state index contributed by atoms with van der Waals surface area (Å²) in [5, 5.41) is 11.9. The van der Waals surface area contributed by atoms with Gasteiger partial charge in [-0.3, -0.25) is 0 Å². The van der Waals surface area contributed by atoms with E-state index in [2.05, 4.69) is 5.16 Å². The molecule has 2 aliphatic carbocycles. The van der Waals surface area contributed by atoms with Crippen molar-refractivity contribution in [3.63, 3.8) is 0 Å². The molecule has 0 radical (unpaired) electrons. The highest BCUT2D eigenvalue weighted by Crippen LogP contribution is 2.36. The van der Waals surface area contributed by atoms with E-state index in [-0.39, 0.29) is 0 Å². The second-order valence-corrected chi connectivity index (χ2v) is 2.98. The number of hydrogen-bond acceptors (Lipinski definition) is 2. The number of hydrogen-bond donors (Lipinski definition) is 1. The Balaban J connectivity index is 2.32. The maximum absolute atomic E-state index is 8.57. The topological polar surface area (TPSA) is 32.6 Å². The lowest BCUT2D eigenvalue weighted by atomic mass is 10.1. The fraction of sp³-hybridized carbons (Fsp3) is 0.625. The average Bonchev–Trinajstić information content (AvgIpc) is 2.44. The first-order valence-corrected chi connectivity index (χ1v) is 3.84. The third kappa shape index (κ3) is 0.681. The van der Waals surface area contributed by atoms with E-state index >= 15 is 0 Å². The predicted octanol–water partition coefficient (Wildman–Crippen LogP) is 2.09. The van der Waals surface area contributed by atoms with E-state index in [9.17, 15) is 0 Å². The molecule has 0 bridgehead atoms. The van der Waals surface area contributed by atoms with Crippen LogP contribution in [0.2, 0.25) is 0 Å². The first-order valence-electron chi connectivity index (χ1n) is 3.84. The van der Waals surface area contributed by atoms with Gasteiger partial charge < -0.3 is 5.21 Å². The lowest BCUT2D eigenvalue weighted by Gasteiger charge is -1.95. The molecule has 54 valence electrons. The maximum Gasteiger partial charge on any atom is 0.0830 e. The van der Waals surface area contributed by atoms with Crippen LogP contribution in [0.5, 0.6) is 0 Å². The zero-order valence-electron chi connectivity index (χ0n) is 5.93. The van der Waals surface area contributed by atoms with Gasteiger partial charge in [0, 0.05) is 0 Å². The largest absolute Gasteiger partial charge is 0.411 e. The fourth-order valence-electron chi connectivity index (χ4n) is 1.96. The molecule has 0 amide bonds. The van der Waals surface area contributed by atoms with Gasteiger partial charge >= 0.3 is 0 Å². The molecule has 10 heavy (non-hydrogen) atoms. The molecule has 0 saturated carbocycles. The van der Waals surface area contributed by atoms with Crippen LogP contribution in [0.25, 0.3) is 0 Å². The summed E-state index contributed by atoms with van der Waals surface area (Å²) >= 11 is 0. The highest BCUT2D eigenvalue weighted by molar-refractivity contribution is 6.03. The zero-order chi connectivity index (χ0) is 6.97. The molecular weight excluding hydrogens is 126 g/mol. The summed E-state index contributed by atoms with van der Waals surface area (Å²) in [5.41, 5.74) is 3.86. The smallest absolute Gasteiger partial charge is 0.0830 e. The van der Waals surface area contributed by atoms with Crippen LogP contribution in [0.1, 0.15) is 32.1 Å². The Morgan fingerprint density at radius 1 is 1.10 bits per heavy atom. The summed E-state index contributed by atoms with van der Waals surface area (Å²) in [6.07, 6.45) is 5.78. The Bertz CT molecular complexity index is 215. The molecule has 0 aromatic heterocycles. The predicted molar refractivity (Wildman–Crippen MR) is 39.3 cm³/mol. The first-order chi connectivity index (χ1) is 4.92. The van der Waals surface area contributed by atoms with Gasteiger partial charge in [0.25, 0.3) is 0 Å². The van der Waals surface area contributed by atoms with E-state index < -0.39 is 0 Å². The quantitative estimate of drug-likeness (QED) is 0.402. The van der Waals surface area contributed by atoms with Crippen molar-refractivity contribution in [2.24, 2.45) is 5.16 Å². The number of oxime groups is 1. The van der Waals surface area contributed by atoms with Gasteiger partial charge in [0.15, 0.2) is 0 Å². The van der Waals surface area contributed by atoms with Crippen LogP contribution >= 0.6 is 0 Å². The van der Waals surface area contributed by atoms with Crippen molar-refractivity contribution in [1.82, 2.24) is 0 Å². The van der Waals surface area contributed by atoms with E-state index in [1.54, 1.807) is 5.57 Å². The average molecular weight is 137 g/mol. The molecule has 1 N–H and O–H groups in total. The lowest BCUT2D eigenvalue weighted by molar-refractivity contribution is 0.318. The minimum atomic E-state index is 0.951. The molecule has 0 saturated heterocycles. The third-order valence-corrected chi connectivity index (χ3v) is 2.46. The van der Waals surface area contributed by atoms with Gasteiger partial charge in [0.1, 0.15) is 0 Å². The van der Waals surface area contributed by atoms with Crippen LogP contribution in [0.3, 0.4) is 0 Å². The Morgan fingerprint density at radius 2 is 2.00 bits per heavy atom. The minimum Gasteiger partial charge on any atom is -0.411 e. The zero-order valence-corrected chi connectivity index (χ0v) is 5.93. The Labute approximate surface area is 60.2 Å². The number of rotatable bonds is 0. The van der Waals surface area contributed by atoms with Crippen LogP contribution < -0.4 is 0 Å². The highest BCUT2D eigenvalue weighted by Gasteiger charge is 2.24. The van der Waals surface area contributed by atoms with Crippen molar-refractivity contribution >= 4 is 5.71 Å². The lowest BCUT2D eigenvalue weighted by Crippen LogP contribution is -1.94. The molecule has 2 aliphatic rings. The van der Waals surface area contributed by atoms with E-state index in [0.29, 0.717) is 0 Å². The highest BCUT2D eigenvalue weighted by atomic mass is 16.4. The van der Waals surface area contributed by atoms with E-state index in [1.165, 1.54) is 18.4 Å². The summed E-state index contributed by atoms with van der Waals surface area (Å²) in [7, 11) is 0. The first kappa shape index (κ1) is 5.96. The molecule has 0 aromatic carbocycles. The maximum atomic E-state index is 8.57. The molecule has 0 atom stereocenters. The van der Waals surface area contributed by atoms with E-state index in [4.69, 9.17) is 5.21 Å². The van der Waals surface area contributed by atoms with Crippen molar-refractivity contribution in [2.75, 3.05) is 0 Å². The Morgan fingerprint density at radius 3 is 2.80 bits per heavy atom. The minimum absolute atomic E-state index is 0.951. The Kier molecular flexibility index (Phi) is 1.26. The van der Waals surface area contributed by atoms with Gasteiger partial charge in [-0.1, -0.05) is 10.7 Å². The summed E-state index contributed by atoms with van der Waals surface area (Å²) < 4.78 is 0. The summed E-state index contributed by atoms with van der Waals surface area (Å²) in [4.78, 5) is 0. The normalized spacial score (nSPS) is 28.2. The summed E-state index contributed by atoms with van der Waals surface area (Å²) in [5.74, 6) is 0. The number of allylic oxidation sites excluding steroid dienone is 2. The van der Waals surface area contributed by atoms with Gasteiger partial charge in [-0.2, -0.15) is 0 Å². The number of nitrogens with zero attached hydrogens (tertiary/aromatic N) is 1. The second kappa shape index (κ2) is 2.11. The van der Waals surface area contributed by atoms with Crippen molar-refractivity contribution in [2.45, 2.75) is 32.1 Å². The van der Waals surface area contributed by atoms with Crippen LogP contribution in [0.4, 0.5) is 0 Å². The molecule has 2 nitrogen and oxygen atoms in total. The van der Waals surface area contributed by atoms with Crippen LogP contribution in [-0.4, -0.2) is 10.9 Å². The Hall–Kier alpha value is -0.790. The molecule has 0 unspecified atom stereocenters. The van der Waals surface area contributed by atoms with E-state index in [1.807, 2.05) is 0 Å². The van der Waals surface area contributed by atoms with Crippen molar-refractivity contribution < 1.29 is 5.21 Å². The van der Waals surface area contributed by atoms with Crippen molar-refractivity contribution in [3.8, 4) is 0 Å². The second-order valence-electron chi connectivity index (χ2n) is 2.98. The SMILES string of the molecule is ON=C1CCC2=C1CCC2. The molecule has 0 heterocycles. The molecule has 2 heteroatoms. The molecule has 0 fully saturated rings. The molecule has 0 aromatic rings. The third-order valence-electron chi connectivity index (χ3n) is 2.46. The monoisotopic (exact) mass is 137 g/mol. The fourth-order valence-corrected chi connectivity index (χ4v) is 1.96. The van der Waals surface area contributed by atoms with Gasteiger partial charge in [-0.25, -0.2) is 0 Å². The van der Waals surface area contributed by atoms with Crippen LogP contribution in [0, 0.1) is 0 Å². The standard InChI is InChI=1S/C8H11NO/c10-9-8-5-4-6-2-1-3-7(6)8/h10H,1-5H2. The molecule has 2 rings (SSSR count). The van der Waals surface area contributed by atoms with Crippen molar-refractivity contribution in [1.29, 1.82) is 0 Å². The van der Waals surface area contributed by atoms with Gasteiger partial charge in [0.2, 0.25) is 0 Å². The van der Waals surface area contributed by atoms with Gasteiger partial charge in [-0.05, 0) is 37.7 Å². The van der Waals surface area contributed by atoms with Crippen molar-refractivity contribution in [3.05, 3.63) is 11.1 Å². The van der Waals surface area contributed by atoms with Gasteiger partial charge in [0.05, 0.1) is 5.71 Å². The van der Waals surface area contributed by atoms with Crippen LogP contribution in [-0.2, 0) is 0 Å². The van der Waals surface area contributed by atoms with E-state index in [0.717, 1.165) is 25.0 Å². The molecule has 0 spiro atoms. The molecule has 0 aliphatic heterocycles. The summed E-state index contributed by atoms with van der Waals surface area (Å²) in [6, 6.07) is 0. The van der Waals surface area contributed by atoms with Gasteiger partial charge in [-0.15, -0.1) is 0 Å². The molecular formula is C8H11NO. The summed E-state index contributed by atoms with van der Waals surface area (Å²) in [6.45, 7) is 0.